The van der Waals surface area contributed by atoms with Gasteiger partial charge in [-0.1, -0.05) is 18.2 Å². The Hall–Kier alpha value is -3.26. The molecule has 0 radical (unpaired) electrons. The summed E-state index contributed by atoms with van der Waals surface area (Å²) in [7, 11) is 1.59. The highest BCUT2D eigenvalue weighted by Gasteiger charge is 2.38. The second-order valence-electron chi connectivity index (χ2n) is 8.37. The fourth-order valence-electron chi connectivity index (χ4n) is 4.64. The first-order valence-corrected chi connectivity index (χ1v) is 11.0. The third kappa shape index (κ3) is 3.98. The fourth-order valence-corrected chi connectivity index (χ4v) is 4.64. The second-order valence-corrected chi connectivity index (χ2v) is 8.37. The Labute approximate surface area is 187 Å². The van der Waals surface area contributed by atoms with Crippen LogP contribution in [0.5, 0.6) is 17.2 Å². The van der Waals surface area contributed by atoms with Gasteiger partial charge in [-0.3, -0.25) is 14.5 Å². The Morgan fingerprint density at radius 1 is 1.06 bits per heavy atom. The maximum atomic E-state index is 13.1. The van der Waals surface area contributed by atoms with E-state index in [9.17, 15) is 9.59 Å². The van der Waals surface area contributed by atoms with Gasteiger partial charge < -0.3 is 24.0 Å². The molecule has 0 aliphatic carbocycles. The van der Waals surface area contributed by atoms with E-state index >= 15 is 0 Å². The minimum atomic E-state index is -0.312. The number of fused-ring (bicyclic) bond motifs is 1. The number of carbonyl (C=O) groups excluding carboxylic acids is 2. The number of carbonyl (C=O) groups is 2. The van der Waals surface area contributed by atoms with Crippen molar-refractivity contribution >= 4 is 17.5 Å². The van der Waals surface area contributed by atoms with Crippen LogP contribution in [0, 0.1) is 5.92 Å². The molecule has 2 aromatic carbocycles. The van der Waals surface area contributed by atoms with Crippen molar-refractivity contribution in [3.05, 3.63) is 48.0 Å². The number of amides is 2. The Morgan fingerprint density at radius 2 is 1.84 bits per heavy atom. The average Bonchev–Trinajstić information content (AvgIpc) is 3.45. The predicted molar refractivity (Wildman–Crippen MR) is 118 cm³/mol. The maximum Gasteiger partial charge on any atom is 0.231 e. The zero-order valence-electron chi connectivity index (χ0n) is 18.2. The van der Waals surface area contributed by atoms with Crippen molar-refractivity contribution in [3.63, 3.8) is 0 Å². The van der Waals surface area contributed by atoms with E-state index in [2.05, 4.69) is 11.0 Å². The number of hydrogen-bond acceptors (Lipinski definition) is 6. The van der Waals surface area contributed by atoms with E-state index in [-0.39, 0.29) is 30.9 Å². The van der Waals surface area contributed by atoms with Gasteiger partial charge in [-0.25, -0.2) is 0 Å². The summed E-state index contributed by atoms with van der Waals surface area (Å²) in [6, 6.07) is 13.5. The third-order valence-corrected chi connectivity index (χ3v) is 6.38. The molecule has 5 rings (SSSR count). The van der Waals surface area contributed by atoms with Gasteiger partial charge >= 0.3 is 0 Å². The number of ether oxygens (including phenoxy) is 3. The predicted octanol–water partition coefficient (Wildman–Crippen LogP) is 2.12. The van der Waals surface area contributed by atoms with E-state index in [1.807, 2.05) is 41.3 Å². The summed E-state index contributed by atoms with van der Waals surface area (Å²) < 4.78 is 16.2. The Balaban J connectivity index is 1.16. The highest BCUT2D eigenvalue weighted by molar-refractivity contribution is 6.01. The summed E-state index contributed by atoms with van der Waals surface area (Å²) in [4.78, 5) is 31.7. The number of rotatable bonds is 5. The van der Waals surface area contributed by atoms with E-state index in [1.165, 1.54) is 5.56 Å². The molecule has 3 aliphatic heterocycles. The first kappa shape index (κ1) is 20.6. The molecule has 0 spiro atoms. The molecule has 2 saturated heterocycles. The van der Waals surface area contributed by atoms with Gasteiger partial charge in [-0.15, -0.1) is 0 Å². The van der Waals surface area contributed by atoms with Gasteiger partial charge in [0, 0.05) is 45.7 Å². The number of hydrogen-bond donors (Lipinski definition) is 0. The van der Waals surface area contributed by atoms with Gasteiger partial charge in [-0.05, 0) is 29.8 Å². The van der Waals surface area contributed by atoms with Crippen LogP contribution in [0.2, 0.25) is 0 Å². The number of piperazine rings is 1. The Morgan fingerprint density at radius 3 is 2.66 bits per heavy atom. The van der Waals surface area contributed by atoms with Gasteiger partial charge in [0.05, 0.1) is 18.7 Å². The molecule has 32 heavy (non-hydrogen) atoms. The normalized spacial score (nSPS) is 20.7. The topological polar surface area (TPSA) is 71.6 Å². The lowest BCUT2D eigenvalue weighted by Crippen LogP contribution is -2.50. The Kier molecular flexibility index (Phi) is 5.61. The molecule has 0 N–H and O–H groups in total. The highest BCUT2D eigenvalue weighted by Crippen LogP contribution is 2.34. The SMILES string of the molecule is COc1ccccc1N1C[C@H](C(=O)N2CCN(Cc3ccc4c(c3)OCO4)CC2)CC1=O. The molecule has 0 aromatic heterocycles. The molecule has 2 aromatic rings. The summed E-state index contributed by atoms with van der Waals surface area (Å²) in [6.07, 6.45) is 0.244. The molecule has 0 saturated carbocycles. The van der Waals surface area contributed by atoms with Crippen molar-refractivity contribution in [2.24, 2.45) is 5.92 Å². The average molecular weight is 437 g/mol. The highest BCUT2D eigenvalue weighted by atomic mass is 16.7. The largest absolute Gasteiger partial charge is 0.495 e. The summed E-state index contributed by atoms with van der Waals surface area (Å²) in [5.41, 5.74) is 1.90. The van der Waals surface area contributed by atoms with Gasteiger partial charge in [0.2, 0.25) is 18.6 Å². The monoisotopic (exact) mass is 437 g/mol. The van der Waals surface area contributed by atoms with Gasteiger partial charge in [0.25, 0.3) is 0 Å². The van der Waals surface area contributed by atoms with Crippen LogP contribution in [-0.4, -0.2) is 68.2 Å². The van der Waals surface area contributed by atoms with Crippen LogP contribution in [0.4, 0.5) is 5.69 Å². The van der Waals surface area contributed by atoms with Crippen molar-refractivity contribution in [1.82, 2.24) is 9.80 Å². The lowest BCUT2D eigenvalue weighted by molar-refractivity contribution is -0.137. The van der Waals surface area contributed by atoms with Crippen LogP contribution in [0.3, 0.4) is 0 Å². The van der Waals surface area contributed by atoms with Gasteiger partial charge in [0.15, 0.2) is 11.5 Å². The van der Waals surface area contributed by atoms with E-state index < -0.39 is 0 Å². The molecule has 1 atom stereocenters. The second kappa shape index (κ2) is 8.70. The number of para-hydroxylation sites is 2. The molecule has 2 fully saturated rings. The standard InChI is InChI=1S/C24H27N3O5/c1-30-20-5-3-2-4-19(20)27-15-18(13-23(27)28)24(29)26-10-8-25(9-11-26)14-17-6-7-21-22(12-17)32-16-31-21/h2-7,12,18H,8-11,13-16H2,1H3/t18-/m1/s1. The summed E-state index contributed by atoms with van der Waals surface area (Å²) in [5, 5.41) is 0. The molecule has 2 amide bonds. The van der Waals surface area contributed by atoms with E-state index in [0.717, 1.165) is 36.8 Å². The molecule has 3 aliphatic rings. The van der Waals surface area contributed by atoms with Gasteiger partial charge in [-0.2, -0.15) is 0 Å². The molecular formula is C24H27N3O5. The number of methoxy groups -OCH3 is 1. The first-order valence-electron chi connectivity index (χ1n) is 11.0. The van der Waals surface area contributed by atoms with Crippen molar-refractivity contribution in [2.45, 2.75) is 13.0 Å². The molecule has 168 valence electrons. The third-order valence-electron chi connectivity index (χ3n) is 6.38. The van der Waals surface area contributed by atoms with Crippen molar-refractivity contribution < 1.29 is 23.8 Å². The quantitative estimate of drug-likeness (QED) is 0.714. The van der Waals surface area contributed by atoms with Gasteiger partial charge in [0.1, 0.15) is 5.75 Å². The maximum absolute atomic E-state index is 13.1. The van der Waals surface area contributed by atoms with E-state index in [1.54, 1.807) is 12.0 Å². The molecule has 0 unspecified atom stereocenters. The zero-order chi connectivity index (χ0) is 22.1. The molecule has 8 nitrogen and oxygen atoms in total. The van der Waals surface area contributed by atoms with Crippen LogP contribution < -0.4 is 19.1 Å². The minimum Gasteiger partial charge on any atom is -0.495 e. The van der Waals surface area contributed by atoms with Crippen LogP contribution in [0.15, 0.2) is 42.5 Å². The van der Waals surface area contributed by atoms with Crippen LogP contribution in [0.25, 0.3) is 0 Å². The van der Waals surface area contributed by atoms with Crippen molar-refractivity contribution in [1.29, 1.82) is 0 Å². The number of nitrogens with zero attached hydrogens (tertiary/aromatic N) is 3. The van der Waals surface area contributed by atoms with Crippen LogP contribution in [0.1, 0.15) is 12.0 Å². The van der Waals surface area contributed by atoms with E-state index in [0.29, 0.717) is 25.4 Å². The molecule has 8 heteroatoms. The summed E-state index contributed by atoms with van der Waals surface area (Å²) >= 11 is 0. The van der Waals surface area contributed by atoms with Crippen molar-refractivity contribution in [3.8, 4) is 17.2 Å². The lowest BCUT2D eigenvalue weighted by Gasteiger charge is -2.36. The zero-order valence-corrected chi connectivity index (χ0v) is 18.2. The smallest absolute Gasteiger partial charge is 0.231 e. The minimum absolute atomic E-state index is 0.0331. The number of anilines is 1. The fraction of sp³-hybridized carbons (Fsp3) is 0.417. The lowest BCUT2D eigenvalue weighted by atomic mass is 10.1. The molecule has 3 heterocycles. The molecular weight excluding hydrogens is 410 g/mol. The molecule has 0 bridgehead atoms. The Bertz CT molecular complexity index is 1020. The first-order chi connectivity index (χ1) is 15.6. The summed E-state index contributed by atoms with van der Waals surface area (Å²) in [6.45, 7) is 4.43. The van der Waals surface area contributed by atoms with Crippen molar-refractivity contribution in [2.75, 3.05) is 51.5 Å². The van der Waals surface area contributed by atoms with E-state index in [4.69, 9.17) is 14.2 Å². The van der Waals surface area contributed by atoms with Crippen LogP contribution >= 0.6 is 0 Å². The summed E-state index contributed by atoms with van der Waals surface area (Å²) in [5.74, 6) is 1.95. The van der Waals surface area contributed by atoms with Crippen LogP contribution in [-0.2, 0) is 16.1 Å². The number of benzene rings is 2.